The van der Waals surface area contributed by atoms with Crippen molar-refractivity contribution in [1.82, 2.24) is 23.7 Å². The fourth-order valence-electron chi connectivity index (χ4n) is 12.1. The Kier molecular flexibility index (Phi) is 10.3. The Bertz CT molecular complexity index is 4450. The van der Waals surface area contributed by atoms with Crippen LogP contribution in [0.5, 0.6) is 0 Å². The lowest BCUT2D eigenvalue weighted by molar-refractivity contribution is 1.16. The lowest BCUT2D eigenvalue weighted by Gasteiger charge is -2.15. The molecule has 4 heterocycles. The molecular formula is C72H49N5. The number of fused-ring (bicyclic) bond motifs is 9. The molecule has 0 bridgehead atoms. The Labute approximate surface area is 445 Å². The van der Waals surface area contributed by atoms with E-state index in [1.54, 1.807) is 0 Å². The average Bonchev–Trinajstić information content (AvgIpc) is 4.25. The van der Waals surface area contributed by atoms with E-state index in [0.29, 0.717) is 0 Å². The fraction of sp³-hybridized carbons (Fsp3) is 0.0278. The molecule has 0 atom stereocenters. The Hall–Kier alpha value is -10.1. The molecule has 0 spiro atoms. The van der Waals surface area contributed by atoms with Gasteiger partial charge < -0.3 is 13.7 Å². The Morgan fingerprint density at radius 3 is 1.12 bits per heavy atom. The predicted molar refractivity (Wildman–Crippen MR) is 322 cm³/mol. The van der Waals surface area contributed by atoms with Crippen LogP contribution in [0.25, 0.3) is 139 Å². The van der Waals surface area contributed by atoms with Gasteiger partial charge in [0.05, 0.1) is 44.5 Å². The van der Waals surface area contributed by atoms with Crippen molar-refractivity contribution < 1.29 is 0 Å². The zero-order chi connectivity index (χ0) is 51.1. The molecule has 11 aromatic carbocycles. The van der Waals surface area contributed by atoms with Gasteiger partial charge in [-0.15, -0.1) is 0 Å². The molecule has 0 aliphatic rings. The second kappa shape index (κ2) is 17.8. The van der Waals surface area contributed by atoms with Crippen molar-refractivity contribution in [3.63, 3.8) is 0 Å². The molecule has 0 fully saturated rings. The topological polar surface area (TPSA) is 40.6 Å². The lowest BCUT2D eigenvalue weighted by Crippen LogP contribution is -1.98. The van der Waals surface area contributed by atoms with E-state index in [2.05, 4.69) is 264 Å². The van der Waals surface area contributed by atoms with Crippen LogP contribution in [0, 0.1) is 13.8 Å². The number of hydrogen-bond donors (Lipinski definition) is 0. The predicted octanol–water partition coefficient (Wildman–Crippen LogP) is 18.7. The summed E-state index contributed by atoms with van der Waals surface area (Å²) in [5, 5.41) is 7.41. The molecule has 0 saturated carbocycles. The first kappa shape index (κ1) is 44.4. The van der Waals surface area contributed by atoms with E-state index in [0.717, 1.165) is 67.6 Å². The van der Waals surface area contributed by atoms with Crippen LogP contribution in [0.4, 0.5) is 0 Å². The molecule has 0 amide bonds. The minimum atomic E-state index is 0.719. The van der Waals surface area contributed by atoms with E-state index >= 15 is 0 Å². The van der Waals surface area contributed by atoms with Gasteiger partial charge in [-0.25, -0.2) is 9.97 Å². The number of benzene rings is 11. The minimum Gasteiger partial charge on any atom is -0.309 e. The molecule has 15 rings (SSSR count). The lowest BCUT2D eigenvalue weighted by atomic mass is 9.92. The molecule has 15 aromatic rings. The average molecular weight is 984 g/mol. The molecule has 4 aromatic heterocycles. The molecule has 77 heavy (non-hydrogen) atoms. The van der Waals surface area contributed by atoms with Crippen molar-refractivity contribution in [3.05, 3.63) is 272 Å². The maximum atomic E-state index is 5.15. The summed E-state index contributed by atoms with van der Waals surface area (Å²) in [7, 11) is 0. The molecule has 0 saturated heterocycles. The third kappa shape index (κ3) is 7.31. The number of hydrogen-bond acceptors (Lipinski definition) is 2. The summed E-state index contributed by atoms with van der Waals surface area (Å²) in [6, 6.07) is 94.5. The van der Waals surface area contributed by atoms with Crippen LogP contribution in [0.2, 0.25) is 0 Å². The summed E-state index contributed by atoms with van der Waals surface area (Å²) in [5.41, 5.74) is 22.6. The minimum absolute atomic E-state index is 0.719. The second-order valence-electron chi connectivity index (χ2n) is 20.3. The van der Waals surface area contributed by atoms with E-state index in [1.165, 1.54) is 82.2 Å². The van der Waals surface area contributed by atoms with Crippen LogP contribution in [0.15, 0.2) is 261 Å². The summed E-state index contributed by atoms with van der Waals surface area (Å²) in [4.78, 5) is 10.2. The highest BCUT2D eigenvalue weighted by Crippen LogP contribution is 2.41. The highest BCUT2D eigenvalue weighted by molar-refractivity contribution is 6.14. The first-order valence-corrected chi connectivity index (χ1v) is 26.4. The monoisotopic (exact) mass is 983 g/mol. The van der Waals surface area contributed by atoms with Crippen molar-refractivity contribution in [2.45, 2.75) is 13.8 Å². The summed E-state index contributed by atoms with van der Waals surface area (Å²) in [5.74, 6) is 0.719. The van der Waals surface area contributed by atoms with Crippen molar-refractivity contribution in [3.8, 4) is 73.2 Å². The van der Waals surface area contributed by atoms with Gasteiger partial charge in [0.25, 0.3) is 0 Å². The van der Waals surface area contributed by atoms with E-state index in [1.807, 2.05) is 24.3 Å². The summed E-state index contributed by atoms with van der Waals surface area (Å²) < 4.78 is 7.28. The smallest absolute Gasteiger partial charge is 0.160 e. The molecular weight excluding hydrogens is 935 g/mol. The van der Waals surface area contributed by atoms with Gasteiger partial charge in [-0.1, -0.05) is 176 Å². The fourth-order valence-corrected chi connectivity index (χ4v) is 12.1. The number of aryl methyl sites for hydroxylation is 2. The van der Waals surface area contributed by atoms with Crippen molar-refractivity contribution in [2.75, 3.05) is 0 Å². The molecule has 0 radical (unpaired) electrons. The molecule has 5 heteroatoms. The largest absolute Gasteiger partial charge is 0.309 e. The highest BCUT2D eigenvalue weighted by Gasteiger charge is 2.20. The first-order valence-electron chi connectivity index (χ1n) is 26.4. The van der Waals surface area contributed by atoms with Gasteiger partial charge in [-0.3, -0.25) is 0 Å². The zero-order valence-electron chi connectivity index (χ0n) is 42.6. The Balaban J connectivity index is 0.803. The zero-order valence-corrected chi connectivity index (χ0v) is 42.6. The van der Waals surface area contributed by atoms with Gasteiger partial charge >= 0.3 is 0 Å². The maximum Gasteiger partial charge on any atom is 0.160 e. The van der Waals surface area contributed by atoms with Crippen LogP contribution in [0.3, 0.4) is 0 Å². The van der Waals surface area contributed by atoms with Gasteiger partial charge in [0, 0.05) is 66.1 Å². The van der Waals surface area contributed by atoms with Crippen LogP contribution in [-0.2, 0) is 0 Å². The molecule has 0 aliphatic heterocycles. The third-order valence-electron chi connectivity index (χ3n) is 15.7. The van der Waals surface area contributed by atoms with Crippen molar-refractivity contribution in [2.24, 2.45) is 0 Å². The Morgan fingerprint density at radius 1 is 0.247 bits per heavy atom. The normalized spacial score (nSPS) is 11.8. The quantitative estimate of drug-likeness (QED) is 0.152. The Morgan fingerprint density at radius 2 is 0.610 bits per heavy atom. The van der Waals surface area contributed by atoms with Gasteiger partial charge in [0.15, 0.2) is 5.82 Å². The summed E-state index contributed by atoms with van der Waals surface area (Å²) >= 11 is 0. The number of nitrogens with zero attached hydrogens (tertiary/aromatic N) is 5. The number of para-hydroxylation sites is 4. The van der Waals surface area contributed by atoms with Crippen LogP contribution < -0.4 is 0 Å². The molecule has 362 valence electrons. The van der Waals surface area contributed by atoms with Crippen LogP contribution in [-0.4, -0.2) is 23.7 Å². The first-order chi connectivity index (χ1) is 38.0. The standard InChI is InChI=1S/C72H49N5/c1-46-42-61(65-45-64(51-17-5-3-6-18-51)73-72(74-65)52-19-7-4-8-20-52)47(2)41-60(46)50-31-29-48(30-32-50)49-33-35-53(36-34-49)75-70-39-37-54(76-66-25-13-9-21-56(66)57-22-10-14-26-67(57)76)43-62(70)63-44-55(38-40-71(63)75)77-68-27-15-11-23-58(68)59-24-12-16-28-69(59)77/h3-45H,1-2H3. The molecule has 0 unspecified atom stereocenters. The van der Waals surface area contributed by atoms with E-state index in [9.17, 15) is 0 Å². The third-order valence-corrected chi connectivity index (χ3v) is 15.7. The van der Waals surface area contributed by atoms with Gasteiger partial charge in [-0.05, 0) is 132 Å². The molecule has 5 nitrogen and oxygen atoms in total. The van der Waals surface area contributed by atoms with E-state index in [-0.39, 0.29) is 0 Å². The van der Waals surface area contributed by atoms with Crippen molar-refractivity contribution in [1.29, 1.82) is 0 Å². The van der Waals surface area contributed by atoms with Gasteiger partial charge in [-0.2, -0.15) is 0 Å². The van der Waals surface area contributed by atoms with Gasteiger partial charge in [0.2, 0.25) is 0 Å². The molecule has 0 N–H and O–H groups in total. The summed E-state index contributed by atoms with van der Waals surface area (Å²) in [6.07, 6.45) is 0. The van der Waals surface area contributed by atoms with Gasteiger partial charge in [0.1, 0.15) is 0 Å². The van der Waals surface area contributed by atoms with E-state index < -0.39 is 0 Å². The van der Waals surface area contributed by atoms with Crippen LogP contribution >= 0.6 is 0 Å². The molecule has 0 aliphatic carbocycles. The van der Waals surface area contributed by atoms with Crippen molar-refractivity contribution >= 4 is 65.4 Å². The summed E-state index contributed by atoms with van der Waals surface area (Å²) in [6.45, 7) is 4.39. The maximum absolute atomic E-state index is 5.15. The number of rotatable bonds is 8. The highest BCUT2D eigenvalue weighted by atomic mass is 15.0. The second-order valence-corrected chi connectivity index (χ2v) is 20.3. The van der Waals surface area contributed by atoms with Crippen LogP contribution in [0.1, 0.15) is 11.1 Å². The van der Waals surface area contributed by atoms with E-state index in [4.69, 9.17) is 9.97 Å². The number of aromatic nitrogens is 5. The SMILES string of the molecule is Cc1cc(-c2cc(-c3ccccc3)nc(-c3ccccc3)n2)c(C)cc1-c1ccc(-c2ccc(-n3c4ccc(-n5c6ccccc6c6ccccc65)cc4c4cc(-n5c6ccccc6c6ccccc65)ccc43)cc2)cc1.